The molecule has 1 fully saturated rings. The lowest BCUT2D eigenvalue weighted by atomic mass is 10.2. The Morgan fingerprint density at radius 3 is 3.06 bits per heavy atom. The summed E-state index contributed by atoms with van der Waals surface area (Å²) in [5.41, 5.74) is 0. The smallest absolute Gasteiger partial charge is 0.327 e. The van der Waals surface area contributed by atoms with Gasteiger partial charge in [-0.15, -0.1) is 0 Å². The molecule has 0 radical (unpaired) electrons. The van der Waals surface area contributed by atoms with Gasteiger partial charge in [-0.2, -0.15) is 0 Å². The van der Waals surface area contributed by atoms with Crippen LogP contribution >= 0.6 is 0 Å². The highest BCUT2D eigenvalue weighted by molar-refractivity contribution is 5.79. The molecule has 5 nitrogen and oxygen atoms in total. The van der Waals surface area contributed by atoms with Crippen molar-refractivity contribution in [2.24, 2.45) is 0 Å². The molecule has 0 spiro atoms. The number of carboxylic acids is 1. The number of nitrogens with zero attached hydrogens (tertiary/aromatic N) is 1. The number of hydrogen-bond acceptors (Lipinski definition) is 3. The first kappa shape index (κ1) is 13.7. The molecule has 1 rings (SSSR count). The summed E-state index contributed by atoms with van der Waals surface area (Å²) in [5, 5.41) is 8.41. The van der Waals surface area contributed by atoms with Crippen LogP contribution in [0.3, 0.4) is 0 Å². The first-order valence-electron chi connectivity index (χ1n) is 5.95. The predicted molar refractivity (Wildman–Crippen MR) is 62.4 cm³/mol. The Morgan fingerprint density at radius 2 is 2.41 bits per heavy atom. The van der Waals surface area contributed by atoms with Crippen molar-refractivity contribution in [1.29, 1.82) is 0 Å². The van der Waals surface area contributed by atoms with Gasteiger partial charge in [0.15, 0.2) is 0 Å². The SMILES string of the molecule is CCOC1CCC(=O)N1CCCC=CC(=O)O. The number of likely N-dealkylation sites (tertiary alicyclic amines) is 1. The van der Waals surface area contributed by atoms with E-state index in [1.54, 1.807) is 11.0 Å². The molecule has 0 aliphatic carbocycles. The van der Waals surface area contributed by atoms with Crippen molar-refractivity contribution in [1.82, 2.24) is 4.90 Å². The van der Waals surface area contributed by atoms with Crippen LogP contribution in [0.1, 0.15) is 32.6 Å². The summed E-state index contributed by atoms with van der Waals surface area (Å²) in [5.74, 6) is -0.805. The Kier molecular flexibility index (Phi) is 5.69. The topological polar surface area (TPSA) is 66.8 Å². The number of carbonyl (C=O) groups excluding carboxylic acids is 1. The highest BCUT2D eigenvalue weighted by Gasteiger charge is 2.30. The van der Waals surface area contributed by atoms with E-state index in [-0.39, 0.29) is 12.1 Å². The van der Waals surface area contributed by atoms with E-state index in [1.165, 1.54) is 0 Å². The lowest BCUT2D eigenvalue weighted by Crippen LogP contribution is -2.35. The van der Waals surface area contributed by atoms with Crippen LogP contribution in [0.25, 0.3) is 0 Å². The molecule has 1 atom stereocenters. The van der Waals surface area contributed by atoms with Crippen LogP contribution in [0.2, 0.25) is 0 Å². The number of ether oxygens (including phenoxy) is 1. The number of hydrogen-bond donors (Lipinski definition) is 1. The van der Waals surface area contributed by atoms with Gasteiger partial charge in [-0.1, -0.05) is 6.08 Å². The molecule has 96 valence electrons. The summed E-state index contributed by atoms with van der Waals surface area (Å²) < 4.78 is 5.47. The van der Waals surface area contributed by atoms with Gasteiger partial charge >= 0.3 is 5.97 Å². The fraction of sp³-hybridized carbons (Fsp3) is 0.667. The van der Waals surface area contributed by atoms with Crippen molar-refractivity contribution in [2.75, 3.05) is 13.2 Å². The predicted octanol–water partition coefficient (Wildman–Crippen LogP) is 1.39. The van der Waals surface area contributed by atoms with Gasteiger partial charge in [-0.3, -0.25) is 4.79 Å². The summed E-state index contributed by atoms with van der Waals surface area (Å²) in [6.45, 7) is 3.15. The standard InChI is InChI=1S/C12H19NO4/c1-2-17-11-8-7-10(14)13(11)9-5-3-4-6-12(15)16/h4,6,11H,2-3,5,7-9H2,1H3,(H,15,16). The lowest BCUT2D eigenvalue weighted by molar-refractivity contribution is -0.136. The number of rotatable bonds is 7. The molecule has 0 aromatic rings. The molecule has 0 aromatic heterocycles. The van der Waals surface area contributed by atoms with Crippen molar-refractivity contribution in [3.63, 3.8) is 0 Å². The van der Waals surface area contributed by atoms with E-state index >= 15 is 0 Å². The third-order valence-electron chi connectivity index (χ3n) is 2.66. The molecule has 0 bridgehead atoms. The first-order valence-corrected chi connectivity index (χ1v) is 5.95. The monoisotopic (exact) mass is 241 g/mol. The Morgan fingerprint density at radius 1 is 1.65 bits per heavy atom. The number of amides is 1. The van der Waals surface area contributed by atoms with Crippen LogP contribution in [0.5, 0.6) is 0 Å². The zero-order valence-corrected chi connectivity index (χ0v) is 10.1. The molecule has 1 aliphatic heterocycles. The molecule has 17 heavy (non-hydrogen) atoms. The summed E-state index contributed by atoms with van der Waals surface area (Å²) >= 11 is 0. The van der Waals surface area contributed by atoms with E-state index in [1.807, 2.05) is 6.92 Å². The Bertz CT molecular complexity index is 301. The highest BCUT2D eigenvalue weighted by Crippen LogP contribution is 2.20. The van der Waals surface area contributed by atoms with E-state index in [9.17, 15) is 9.59 Å². The van der Waals surface area contributed by atoms with Gasteiger partial charge < -0.3 is 14.7 Å². The Hall–Kier alpha value is -1.36. The zero-order valence-electron chi connectivity index (χ0n) is 10.1. The maximum atomic E-state index is 11.6. The van der Waals surface area contributed by atoms with Gasteiger partial charge in [0.25, 0.3) is 0 Å². The summed E-state index contributed by atoms with van der Waals surface area (Å²) in [7, 11) is 0. The van der Waals surface area contributed by atoms with Gasteiger partial charge in [-0.05, 0) is 19.8 Å². The molecule has 1 amide bonds. The summed E-state index contributed by atoms with van der Waals surface area (Å²) in [6.07, 6.45) is 5.39. The van der Waals surface area contributed by atoms with Crippen molar-refractivity contribution >= 4 is 11.9 Å². The lowest BCUT2D eigenvalue weighted by Gasteiger charge is -2.24. The van der Waals surface area contributed by atoms with Crippen LogP contribution in [0, 0.1) is 0 Å². The van der Waals surface area contributed by atoms with Gasteiger partial charge in [0.2, 0.25) is 5.91 Å². The summed E-state index contributed by atoms with van der Waals surface area (Å²) in [4.78, 5) is 23.6. The molecule has 0 aromatic carbocycles. The minimum atomic E-state index is -0.936. The second-order valence-electron chi connectivity index (χ2n) is 3.92. The largest absolute Gasteiger partial charge is 0.478 e. The van der Waals surface area contributed by atoms with E-state index in [4.69, 9.17) is 9.84 Å². The molecule has 5 heteroatoms. The zero-order chi connectivity index (χ0) is 12.7. The van der Waals surface area contributed by atoms with Crippen LogP contribution in [-0.2, 0) is 14.3 Å². The first-order chi connectivity index (χ1) is 8.15. The number of aliphatic carboxylic acids is 1. The quantitative estimate of drug-likeness (QED) is 0.540. The van der Waals surface area contributed by atoms with Crippen LogP contribution in [0.15, 0.2) is 12.2 Å². The van der Waals surface area contributed by atoms with Gasteiger partial charge in [0.05, 0.1) is 0 Å². The average Bonchev–Trinajstić information content (AvgIpc) is 2.61. The number of allylic oxidation sites excluding steroid dienone is 1. The third-order valence-corrected chi connectivity index (χ3v) is 2.66. The molecular formula is C12H19NO4. The second-order valence-corrected chi connectivity index (χ2v) is 3.92. The molecule has 1 heterocycles. The third kappa shape index (κ3) is 4.56. The van der Waals surface area contributed by atoms with E-state index in [0.29, 0.717) is 26.0 Å². The maximum absolute atomic E-state index is 11.6. The van der Waals surface area contributed by atoms with E-state index in [0.717, 1.165) is 18.9 Å². The van der Waals surface area contributed by atoms with Crippen LogP contribution in [0.4, 0.5) is 0 Å². The van der Waals surface area contributed by atoms with Crippen LogP contribution in [-0.4, -0.2) is 41.3 Å². The molecule has 0 saturated carbocycles. The van der Waals surface area contributed by atoms with Crippen molar-refractivity contribution < 1.29 is 19.4 Å². The Balaban J connectivity index is 2.28. The van der Waals surface area contributed by atoms with E-state index in [2.05, 4.69) is 0 Å². The van der Waals surface area contributed by atoms with Crippen molar-refractivity contribution in [3.05, 3.63) is 12.2 Å². The fourth-order valence-corrected chi connectivity index (χ4v) is 1.91. The molecular weight excluding hydrogens is 222 g/mol. The summed E-state index contributed by atoms with van der Waals surface area (Å²) in [6, 6.07) is 0. The maximum Gasteiger partial charge on any atom is 0.327 e. The fourth-order valence-electron chi connectivity index (χ4n) is 1.91. The number of carbonyl (C=O) groups is 2. The normalized spacial score (nSPS) is 20.4. The molecule has 1 saturated heterocycles. The number of carboxylic acid groups (broad SMARTS) is 1. The van der Waals surface area contributed by atoms with Crippen molar-refractivity contribution in [2.45, 2.75) is 38.8 Å². The van der Waals surface area contributed by atoms with E-state index < -0.39 is 5.97 Å². The number of unbranched alkanes of at least 4 members (excludes halogenated alkanes) is 1. The Labute approximate surface area is 101 Å². The average molecular weight is 241 g/mol. The molecule has 1 N–H and O–H groups in total. The van der Waals surface area contributed by atoms with Crippen LogP contribution < -0.4 is 0 Å². The molecule has 1 unspecified atom stereocenters. The minimum absolute atomic E-state index is 0.0871. The van der Waals surface area contributed by atoms with Gasteiger partial charge in [0.1, 0.15) is 6.23 Å². The molecule has 1 aliphatic rings. The minimum Gasteiger partial charge on any atom is -0.478 e. The van der Waals surface area contributed by atoms with Gasteiger partial charge in [-0.25, -0.2) is 4.79 Å². The van der Waals surface area contributed by atoms with Crippen molar-refractivity contribution in [3.8, 4) is 0 Å². The highest BCUT2D eigenvalue weighted by atomic mass is 16.5. The van der Waals surface area contributed by atoms with Gasteiger partial charge in [0, 0.05) is 32.1 Å². The second kappa shape index (κ2) is 7.06.